The third-order valence-electron chi connectivity index (χ3n) is 0.539. The molecule has 0 aromatic heterocycles. The van der Waals surface area contributed by atoms with Crippen molar-refractivity contribution in [1.29, 1.82) is 0 Å². The van der Waals surface area contributed by atoms with E-state index in [1.807, 2.05) is 0 Å². The van der Waals surface area contributed by atoms with Gasteiger partial charge in [0.2, 0.25) is 0 Å². The first kappa shape index (κ1) is 13.9. The minimum atomic E-state index is -6.03. The largest absolute Gasteiger partial charge is 1.00 e. The molecule has 0 fully saturated rings. The van der Waals surface area contributed by atoms with Crippen LogP contribution in [0, 0.1) is 0 Å². The summed E-state index contributed by atoms with van der Waals surface area (Å²) < 4.78 is 73.8. The Hall–Kier alpha value is 0.357. The Balaban J connectivity index is -0.000000405. The van der Waals surface area contributed by atoms with Gasteiger partial charge in [-0.05, 0) is 0 Å². The Morgan fingerprint density at radius 1 is 1.18 bits per heavy atom. The normalized spacial score (nSPS) is 15.5. The predicted octanol–water partition coefficient (Wildman–Crippen LogP) is -1.86. The summed E-state index contributed by atoms with van der Waals surface area (Å²) in [5, 5.41) is -5.65. The average Bonchev–Trinajstić information content (AvgIpc) is 1.62. The monoisotopic (exact) mass is 191 g/mol. The SMILES string of the molecule is O=S([O-])C(F)(F)C(F)(F)F.[H-].[Li+]. The van der Waals surface area contributed by atoms with Crippen LogP contribution in [0.3, 0.4) is 0 Å². The molecule has 0 aliphatic heterocycles. The summed E-state index contributed by atoms with van der Waals surface area (Å²) in [7, 11) is 0. The zero-order valence-corrected chi connectivity index (χ0v) is 5.93. The summed E-state index contributed by atoms with van der Waals surface area (Å²) in [5.74, 6) is 0. The molecule has 2 nitrogen and oxygen atoms in total. The zero-order valence-electron chi connectivity index (χ0n) is 6.11. The number of alkyl halides is 5. The van der Waals surface area contributed by atoms with Crippen LogP contribution in [0.2, 0.25) is 0 Å². The number of hydrogen-bond acceptors (Lipinski definition) is 2. The second kappa shape index (κ2) is 3.85. The summed E-state index contributed by atoms with van der Waals surface area (Å²) in [4.78, 5) is 0. The van der Waals surface area contributed by atoms with Crippen LogP contribution in [0.15, 0.2) is 0 Å². The molecule has 0 aliphatic rings. The van der Waals surface area contributed by atoms with Crippen molar-refractivity contribution in [3.05, 3.63) is 0 Å². The second-order valence-electron chi connectivity index (χ2n) is 1.25. The van der Waals surface area contributed by atoms with Crippen LogP contribution in [0.5, 0.6) is 0 Å². The van der Waals surface area contributed by atoms with E-state index in [-0.39, 0.29) is 20.3 Å². The molecule has 1 unspecified atom stereocenters. The molecule has 11 heavy (non-hydrogen) atoms. The molecule has 0 rings (SSSR count). The molecule has 0 amide bonds. The maximum atomic E-state index is 11.3. The Morgan fingerprint density at radius 2 is 1.45 bits per heavy atom. The van der Waals surface area contributed by atoms with Crippen LogP contribution in [0.1, 0.15) is 1.43 Å². The Bertz CT molecular complexity index is 160. The molecule has 64 valence electrons. The zero-order chi connectivity index (χ0) is 8.58. The Labute approximate surface area is 74.1 Å². The molecule has 0 saturated carbocycles. The van der Waals surface area contributed by atoms with Crippen LogP contribution in [-0.2, 0) is 11.1 Å². The van der Waals surface area contributed by atoms with E-state index in [1.54, 1.807) is 0 Å². The maximum Gasteiger partial charge on any atom is 1.00 e. The second-order valence-corrected chi connectivity index (χ2v) is 2.23. The van der Waals surface area contributed by atoms with Crippen molar-refractivity contribution in [1.82, 2.24) is 0 Å². The van der Waals surface area contributed by atoms with Crippen LogP contribution in [0.4, 0.5) is 22.0 Å². The maximum absolute atomic E-state index is 11.3. The minimum Gasteiger partial charge on any atom is -1.00 e. The fraction of sp³-hybridized carbons (Fsp3) is 1.00. The number of halogens is 5. The van der Waals surface area contributed by atoms with E-state index in [0.29, 0.717) is 0 Å². The molecule has 1 atom stereocenters. The molecule has 0 N–H and O–H groups in total. The van der Waals surface area contributed by atoms with Gasteiger partial charge < -0.3 is 5.98 Å². The molecular weight excluding hydrogens is 190 g/mol. The van der Waals surface area contributed by atoms with Gasteiger partial charge in [0.25, 0.3) is 0 Å². The van der Waals surface area contributed by atoms with Crippen molar-refractivity contribution in [2.45, 2.75) is 11.4 Å². The van der Waals surface area contributed by atoms with Crippen molar-refractivity contribution >= 4 is 11.1 Å². The Kier molecular flexibility index (Phi) is 4.86. The first-order valence-corrected chi connectivity index (χ1v) is 2.81. The standard InChI is InChI=1S/C2HF5O2S.Li.H/c3-1(4,5)2(6,7)10(8)9;;/h(H,8,9);;/q;+1;-1/p-1. The molecule has 0 bridgehead atoms. The molecule has 0 spiro atoms. The van der Waals surface area contributed by atoms with Gasteiger partial charge in [-0.15, -0.1) is 0 Å². The van der Waals surface area contributed by atoms with Gasteiger partial charge >= 0.3 is 30.3 Å². The van der Waals surface area contributed by atoms with Gasteiger partial charge in [0, 0.05) is 11.1 Å². The number of rotatable bonds is 1. The van der Waals surface area contributed by atoms with E-state index in [2.05, 4.69) is 0 Å². The van der Waals surface area contributed by atoms with Crippen molar-refractivity contribution in [3.8, 4) is 0 Å². The van der Waals surface area contributed by atoms with Gasteiger partial charge in [-0.25, -0.2) is 0 Å². The van der Waals surface area contributed by atoms with Gasteiger partial charge in [0.05, 0.1) is 0 Å². The van der Waals surface area contributed by atoms with Gasteiger partial charge in [-0.1, -0.05) is 0 Å². The van der Waals surface area contributed by atoms with Crippen molar-refractivity contribution in [2.24, 2.45) is 0 Å². The molecule has 0 aliphatic carbocycles. The smallest absolute Gasteiger partial charge is 1.00 e. The summed E-state index contributed by atoms with van der Waals surface area (Å²) in [6.07, 6.45) is -6.03. The molecule has 9 heteroatoms. The molecule has 0 aromatic rings. The summed E-state index contributed by atoms with van der Waals surface area (Å²) in [6.45, 7) is 0. The molecule has 0 aromatic carbocycles. The fourth-order valence-corrected chi connectivity index (χ4v) is 0.283. The Morgan fingerprint density at radius 3 is 1.45 bits per heavy atom. The van der Waals surface area contributed by atoms with Crippen molar-refractivity contribution in [3.63, 3.8) is 0 Å². The summed E-state index contributed by atoms with van der Waals surface area (Å²) >= 11 is -4.45. The van der Waals surface area contributed by atoms with E-state index in [4.69, 9.17) is 0 Å². The minimum absolute atomic E-state index is 0. The topological polar surface area (TPSA) is 40.1 Å². The quantitative estimate of drug-likeness (QED) is 0.277. The van der Waals surface area contributed by atoms with Crippen LogP contribution < -0.4 is 18.9 Å². The van der Waals surface area contributed by atoms with Crippen molar-refractivity contribution < 1.29 is 51.0 Å². The molecule has 0 saturated heterocycles. The predicted molar refractivity (Wildman–Crippen MR) is 21.0 cm³/mol. The molecular formula is C2HF5LiO2S-. The summed E-state index contributed by atoms with van der Waals surface area (Å²) in [6, 6.07) is 0. The third kappa shape index (κ3) is 3.07. The van der Waals surface area contributed by atoms with Crippen molar-refractivity contribution in [2.75, 3.05) is 0 Å². The van der Waals surface area contributed by atoms with E-state index in [9.17, 15) is 30.7 Å². The van der Waals surface area contributed by atoms with E-state index >= 15 is 0 Å². The third-order valence-corrected chi connectivity index (χ3v) is 1.19. The van der Waals surface area contributed by atoms with Crippen LogP contribution in [0.25, 0.3) is 0 Å². The first-order valence-electron chi connectivity index (χ1n) is 1.73. The number of hydrogen-bond donors (Lipinski definition) is 0. The van der Waals surface area contributed by atoms with Crippen LogP contribution in [-0.4, -0.2) is 20.2 Å². The summed E-state index contributed by atoms with van der Waals surface area (Å²) in [5.41, 5.74) is 0. The van der Waals surface area contributed by atoms with Gasteiger partial charge in [-0.3, -0.25) is 4.21 Å². The van der Waals surface area contributed by atoms with Gasteiger partial charge in [-0.2, -0.15) is 22.0 Å². The van der Waals surface area contributed by atoms with Crippen LogP contribution >= 0.6 is 0 Å². The van der Waals surface area contributed by atoms with E-state index < -0.39 is 22.5 Å². The van der Waals surface area contributed by atoms with Gasteiger partial charge in [0.1, 0.15) is 0 Å². The average molecular weight is 191 g/mol. The molecule has 0 heterocycles. The van der Waals surface area contributed by atoms with E-state index in [1.165, 1.54) is 0 Å². The fourth-order valence-electron chi connectivity index (χ4n) is 0.0945. The van der Waals surface area contributed by atoms with Gasteiger partial charge in [0.15, 0.2) is 0 Å². The first-order chi connectivity index (χ1) is 4.19. The molecule has 0 radical (unpaired) electrons. The van der Waals surface area contributed by atoms with E-state index in [0.717, 1.165) is 0 Å².